The van der Waals surface area contributed by atoms with E-state index in [1.54, 1.807) is 29.2 Å². The number of nitrogens with one attached hydrogen (secondary N) is 1. The number of aliphatic carboxylic acids is 1. The summed E-state index contributed by atoms with van der Waals surface area (Å²) in [5, 5.41) is 22.7. The standard InChI is InChI=1S/C25H27ClF3N5O.C2HF3O2/c26-17-7-5-16(6-8-17)13-33-11-9-18(10-12-33)30-21-14-34(15-22(21)35)23-19-3-1-2-4-20(19)31-24(32-23)25(27,28)29;3-2(4,5)1(6)7/h1-8,18,21-22,30,35H,9-15H2;(H,6,7)/t21-,22-;/m1./s1. The number of carbonyl (C=O) groups is 1. The van der Waals surface area contributed by atoms with Gasteiger partial charge in [-0.2, -0.15) is 26.3 Å². The molecule has 15 heteroatoms. The molecule has 2 fully saturated rings. The van der Waals surface area contributed by atoms with Crippen molar-refractivity contribution in [3.8, 4) is 0 Å². The van der Waals surface area contributed by atoms with E-state index in [9.17, 15) is 31.4 Å². The first-order chi connectivity index (χ1) is 19.7. The van der Waals surface area contributed by atoms with Crippen LogP contribution in [0.5, 0.6) is 0 Å². The fourth-order valence-electron chi connectivity index (χ4n) is 4.96. The molecule has 1 aromatic heterocycles. The fraction of sp³-hybridized carbons (Fsp3) is 0.444. The molecule has 2 saturated heterocycles. The minimum atomic E-state index is -5.08. The van der Waals surface area contributed by atoms with Gasteiger partial charge in [-0.15, -0.1) is 0 Å². The van der Waals surface area contributed by atoms with Gasteiger partial charge < -0.3 is 20.4 Å². The Hall–Kier alpha value is -3.20. The number of nitrogens with zero attached hydrogens (tertiary/aromatic N) is 4. The highest BCUT2D eigenvalue weighted by molar-refractivity contribution is 6.30. The number of halogens is 7. The highest BCUT2D eigenvalue weighted by Gasteiger charge is 2.39. The number of anilines is 1. The number of rotatable bonds is 5. The largest absolute Gasteiger partial charge is 0.490 e. The van der Waals surface area contributed by atoms with Gasteiger partial charge in [0.2, 0.25) is 5.82 Å². The number of carboxylic acids is 1. The van der Waals surface area contributed by atoms with Crippen molar-refractivity contribution in [2.75, 3.05) is 31.1 Å². The highest BCUT2D eigenvalue weighted by Crippen LogP contribution is 2.33. The van der Waals surface area contributed by atoms with E-state index in [0.717, 1.165) is 37.5 Å². The molecule has 3 N–H and O–H groups in total. The number of fused-ring (bicyclic) bond motifs is 1. The first kappa shape index (κ1) is 31.7. The Balaban J connectivity index is 0.000000517. The van der Waals surface area contributed by atoms with E-state index in [-0.39, 0.29) is 30.0 Å². The molecule has 0 spiro atoms. The summed E-state index contributed by atoms with van der Waals surface area (Å²) < 4.78 is 72.0. The number of likely N-dealkylation sites (tertiary alicyclic amines) is 1. The van der Waals surface area contributed by atoms with Crippen molar-refractivity contribution in [3.63, 3.8) is 0 Å². The van der Waals surface area contributed by atoms with Gasteiger partial charge in [-0.1, -0.05) is 35.9 Å². The molecule has 2 aliphatic heterocycles. The molecule has 0 aliphatic carbocycles. The second kappa shape index (κ2) is 13.0. The number of piperidine rings is 1. The van der Waals surface area contributed by atoms with Crippen LogP contribution in [-0.2, 0) is 17.5 Å². The fourth-order valence-corrected chi connectivity index (χ4v) is 5.09. The molecule has 2 aliphatic rings. The number of benzene rings is 2. The van der Waals surface area contributed by atoms with Crippen molar-refractivity contribution in [2.24, 2.45) is 0 Å². The lowest BCUT2D eigenvalue weighted by molar-refractivity contribution is -0.192. The van der Waals surface area contributed by atoms with Crippen LogP contribution in [0.1, 0.15) is 24.2 Å². The maximum Gasteiger partial charge on any atom is 0.490 e. The minimum absolute atomic E-state index is 0.212. The number of β-amino-alcohol motifs (C(OH)–C–C–N with tert-alkyl or cyclic N) is 1. The quantitative estimate of drug-likeness (QED) is 0.352. The third-order valence-electron chi connectivity index (χ3n) is 7.02. The number of hydrogen-bond donors (Lipinski definition) is 3. The maximum absolute atomic E-state index is 13.4. The van der Waals surface area contributed by atoms with Crippen molar-refractivity contribution < 1.29 is 41.4 Å². The molecule has 3 heterocycles. The zero-order valence-corrected chi connectivity index (χ0v) is 22.8. The Morgan fingerprint density at radius 2 is 1.60 bits per heavy atom. The summed E-state index contributed by atoms with van der Waals surface area (Å²) in [6.07, 6.45) is -8.56. The monoisotopic (exact) mass is 619 g/mol. The van der Waals surface area contributed by atoms with Crippen LogP contribution in [0.15, 0.2) is 48.5 Å². The first-order valence-corrected chi connectivity index (χ1v) is 13.4. The SMILES string of the molecule is O=C(O)C(F)(F)F.O[C@@H]1CN(c2nc(C(F)(F)F)nc3ccccc23)C[C@H]1NC1CCN(Cc2ccc(Cl)cc2)CC1. The molecule has 0 bridgehead atoms. The summed E-state index contributed by atoms with van der Waals surface area (Å²) in [5.41, 5.74) is 1.46. The van der Waals surface area contributed by atoms with Crippen LogP contribution in [0.2, 0.25) is 5.02 Å². The van der Waals surface area contributed by atoms with Gasteiger partial charge >= 0.3 is 18.3 Å². The molecule has 5 rings (SSSR count). The summed E-state index contributed by atoms with van der Waals surface area (Å²) in [6, 6.07) is 14.5. The van der Waals surface area contributed by atoms with Crippen LogP contribution in [0.3, 0.4) is 0 Å². The first-order valence-electron chi connectivity index (χ1n) is 13.0. The second-order valence-electron chi connectivity index (χ2n) is 10.1. The molecule has 0 saturated carbocycles. The molecule has 8 nitrogen and oxygen atoms in total. The van der Waals surface area contributed by atoms with Crippen LogP contribution >= 0.6 is 11.6 Å². The van der Waals surface area contributed by atoms with E-state index in [1.165, 1.54) is 5.56 Å². The van der Waals surface area contributed by atoms with E-state index < -0.39 is 30.3 Å². The summed E-state index contributed by atoms with van der Waals surface area (Å²) in [4.78, 5) is 20.6. The van der Waals surface area contributed by atoms with Crippen LogP contribution in [0, 0.1) is 0 Å². The molecule has 42 heavy (non-hydrogen) atoms. The molecular weight excluding hydrogens is 592 g/mol. The smallest absolute Gasteiger partial charge is 0.475 e. The predicted molar refractivity (Wildman–Crippen MR) is 143 cm³/mol. The van der Waals surface area contributed by atoms with Crippen molar-refractivity contribution in [1.82, 2.24) is 20.2 Å². The third-order valence-corrected chi connectivity index (χ3v) is 7.28. The van der Waals surface area contributed by atoms with E-state index in [0.29, 0.717) is 11.9 Å². The lowest BCUT2D eigenvalue weighted by Gasteiger charge is -2.34. The van der Waals surface area contributed by atoms with Crippen molar-refractivity contribution in [3.05, 3.63) is 64.9 Å². The predicted octanol–water partition coefficient (Wildman–Crippen LogP) is 4.74. The molecule has 0 radical (unpaired) electrons. The molecule has 0 unspecified atom stereocenters. The number of aliphatic hydroxyl groups excluding tert-OH is 1. The Bertz CT molecular complexity index is 1370. The molecular formula is C27H28ClF6N5O3. The van der Waals surface area contributed by atoms with E-state index in [2.05, 4.69) is 20.2 Å². The lowest BCUT2D eigenvalue weighted by atomic mass is 10.0. The zero-order valence-electron chi connectivity index (χ0n) is 22.0. The average Bonchev–Trinajstić information content (AvgIpc) is 3.29. The van der Waals surface area contributed by atoms with Gasteiger partial charge in [0.1, 0.15) is 5.82 Å². The number of carboxylic acid groups (broad SMARTS) is 1. The van der Waals surface area contributed by atoms with E-state index in [1.807, 2.05) is 24.3 Å². The second-order valence-corrected chi connectivity index (χ2v) is 10.5. The average molecular weight is 620 g/mol. The topological polar surface area (TPSA) is 102 Å². The summed E-state index contributed by atoms with van der Waals surface area (Å²) in [5.74, 6) is -3.71. The minimum Gasteiger partial charge on any atom is -0.475 e. The molecule has 2 aromatic carbocycles. The normalized spacial score (nSPS) is 20.4. The van der Waals surface area contributed by atoms with Crippen LogP contribution in [0.25, 0.3) is 10.9 Å². The van der Waals surface area contributed by atoms with Gasteiger partial charge in [-0.25, -0.2) is 14.8 Å². The van der Waals surface area contributed by atoms with E-state index in [4.69, 9.17) is 21.5 Å². The number of aromatic nitrogens is 2. The van der Waals surface area contributed by atoms with Gasteiger partial charge in [-0.3, -0.25) is 4.90 Å². The van der Waals surface area contributed by atoms with Gasteiger partial charge in [0.15, 0.2) is 0 Å². The number of aliphatic hydroxyl groups is 1. The van der Waals surface area contributed by atoms with Crippen molar-refractivity contribution >= 4 is 34.3 Å². The molecule has 3 aromatic rings. The summed E-state index contributed by atoms with van der Waals surface area (Å²) >= 11 is 5.97. The third kappa shape index (κ3) is 8.21. The highest BCUT2D eigenvalue weighted by atomic mass is 35.5. The van der Waals surface area contributed by atoms with Gasteiger partial charge in [-0.05, 0) is 55.8 Å². The molecule has 228 valence electrons. The zero-order chi connectivity index (χ0) is 30.7. The number of hydrogen-bond acceptors (Lipinski definition) is 7. The lowest BCUT2D eigenvalue weighted by Crippen LogP contribution is -2.49. The maximum atomic E-state index is 13.4. The summed E-state index contributed by atoms with van der Waals surface area (Å²) in [6.45, 7) is 3.32. The Labute approximate surface area is 241 Å². The summed E-state index contributed by atoms with van der Waals surface area (Å²) in [7, 11) is 0. The van der Waals surface area contributed by atoms with Crippen molar-refractivity contribution in [2.45, 2.75) is 49.9 Å². The number of alkyl halides is 6. The Morgan fingerprint density at radius 1 is 0.976 bits per heavy atom. The van der Waals surface area contributed by atoms with Gasteiger partial charge in [0.25, 0.3) is 0 Å². The van der Waals surface area contributed by atoms with Gasteiger partial charge in [0.05, 0.1) is 17.7 Å². The number of para-hydroxylation sites is 1. The molecule has 0 amide bonds. The van der Waals surface area contributed by atoms with E-state index >= 15 is 0 Å². The van der Waals surface area contributed by atoms with Crippen LogP contribution in [-0.4, -0.2) is 81.6 Å². The Morgan fingerprint density at radius 3 is 2.19 bits per heavy atom. The van der Waals surface area contributed by atoms with Crippen LogP contribution < -0.4 is 10.2 Å². The van der Waals surface area contributed by atoms with Gasteiger partial charge in [0, 0.05) is 36.1 Å². The van der Waals surface area contributed by atoms with Crippen molar-refractivity contribution in [1.29, 1.82) is 0 Å². The molecule has 2 atom stereocenters. The van der Waals surface area contributed by atoms with Crippen LogP contribution in [0.4, 0.5) is 32.2 Å². The Kier molecular flexibility index (Phi) is 9.81.